The van der Waals surface area contributed by atoms with E-state index in [0.29, 0.717) is 44.8 Å². The molecule has 144 valence electrons. The van der Waals surface area contributed by atoms with Crippen LogP contribution in [0.15, 0.2) is 48.8 Å². The quantitative estimate of drug-likeness (QED) is 0.801. The number of rotatable bonds is 6. The van der Waals surface area contributed by atoms with Crippen molar-refractivity contribution >= 4 is 15.9 Å². The molecule has 0 unspecified atom stereocenters. The Morgan fingerprint density at radius 3 is 2.52 bits per heavy atom. The summed E-state index contributed by atoms with van der Waals surface area (Å²) in [5.41, 5.74) is 2.61. The molecule has 27 heavy (non-hydrogen) atoms. The number of nitrogens with one attached hydrogen (secondary N) is 1. The number of amides is 1. The molecule has 0 aliphatic carbocycles. The molecule has 2 aromatic rings. The van der Waals surface area contributed by atoms with Gasteiger partial charge in [0.15, 0.2) is 0 Å². The van der Waals surface area contributed by atoms with Crippen LogP contribution in [-0.2, 0) is 23.1 Å². The number of hydrogen-bond acceptors (Lipinski definition) is 5. The summed E-state index contributed by atoms with van der Waals surface area (Å²) in [6.45, 7) is 3.51. The molecule has 0 bridgehead atoms. The number of pyridine rings is 1. The Bertz CT molecular complexity index is 879. The zero-order valence-corrected chi connectivity index (χ0v) is 16.2. The SMILES string of the molecule is CS(=O)(=O)N1CCN(Cc2cccc(C(=O)NCc3cccnc3)c2)CC1. The number of sulfonamides is 1. The number of piperazine rings is 1. The van der Waals surface area contributed by atoms with Crippen molar-refractivity contribution in [2.45, 2.75) is 13.1 Å². The molecule has 1 aromatic heterocycles. The second-order valence-corrected chi connectivity index (χ2v) is 8.66. The van der Waals surface area contributed by atoms with Gasteiger partial charge in [0, 0.05) is 57.2 Å². The van der Waals surface area contributed by atoms with Crippen LogP contribution in [-0.4, -0.2) is 60.9 Å². The Labute approximate surface area is 160 Å². The second kappa shape index (κ2) is 8.60. The second-order valence-electron chi connectivity index (χ2n) is 6.68. The molecule has 8 heteroatoms. The third-order valence-electron chi connectivity index (χ3n) is 4.57. The average molecular weight is 388 g/mol. The van der Waals surface area contributed by atoms with E-state index in [4.69, 9.17) is 0 Å². The highest BCUT2D eigenvalue weighted by molar-refractivity contribution is 7.88. The van der Waals surface area contributed by atoms with Gasteiger partial charge in [-0.15, -0.1) is 0 Å². The van der Waals surface area contributed by atoms with E-state index in [1.165, 1.54) is 10.6 Å². The Kier molecular flexibility index (Phi) is 6.20. The van der Waals surface area contributed by atoms with Crippen molar-refractivity contribution < 1.29 is 13.2 Å². The van der Waals surface area contributed by atoms with Crippen LogP contribution in [0.3, 0.4) is 0 Å². The average Bonchev–Trinajstić information content (AvgIpc) is 2.67. The predicted molar refractivity (Wildman–Crippen MR) is 104 cm³/mol. The van der Waals surface area contributed by atoms with Crippen molar-refractivity contribution in [3.63, 3.8) is 0 Å². The minimum Gasteiger partial charge on any atom is -0.348 e. The molecule has 2 heterocycles. The van der Waals surface area contributed by atoms with Crippen LogP contribution in [0.5, 0.6) is 0 Å². The normalized spacial score (nSPS) is 16.2. The minimum absolute atomic E-state index is 0.123. The van der Waals surface area contributed by atoms with Gasteiger partial charge in [-0.2, -0.15) is 4.31 Å². The largest absolute Gasteiger partial charge is 0.348 e. The molecular formula is C19H24N4O3S. The zero-order chi connectivity index (χ0) is 19.3. The van der Waals surface area contributed by atoms with Crippen molar-refractivity contribution in [3.05, 3.63) is 65.5 Å². The molecule has 1 aromatic carbocycles. The van der Waals surface area contributed by atoms with Gasteiger partial charge in [0.25, 0.3) is 5.91 Å². The van der Waals surface area contributed by atoms with E-state index in [1.807, 2.05) is 30.3 Å². The summed E-state index contributed by atoms with van der Waals surface area (Å²) in [5.74, 6) is -0.123. The molecule has 0 atom stereocenters. The lowest BCUT2D eigenvalue weighted by atomic mass is 10.1. The van der Waals surface area contributed by atoms with Crippen LogP contribution in [0, 0.1) is 0 Å². The van der Waals surface area contributed by atoms with Crippen LogP contribution in [0.4, 0.5) is 0 Å². The molecule has 0 radical (unpaired) electrons. The van der Waals surface area contributed by atoms with Gasteiger partial charge < -0.3 is 5.32 Å². The summed E-state index contributed by atoms with van der Waals surface area (Å²) in [4.78, 5) is 18.6. The van der Waals surface area contributed by atoms with Crippen LogP contribution in [0.25, 0.3) is 0 Å². The molecule has 1 fully saturated rings. The van der Waals surface area contributed by atoms with E-state index in [2.05, 4.69) is 15.2 Å². The van der Waals surface area contributed by atoms with Gasteiger partial charge >= 0.3 is 0 Å². The third-order valence-corrected chi connectivity index (χ3v) is 5.87. The molecule has 0 spiro atoms. The lowest BCUT2D eigenvalue weighted by Crippen LogP contribution is -2.47. The van der Waals surface area contributed by atoms with Gasteiger partial charge in [0.05, 0.1) is 6.26 Å². The molecule has 0 saturated carbocycles. The van der Waals surface area contributed by atoms with Crippen LogP contribution >= 0.6 is 0 Å². The summed E-state index contributed by atoms with van der Waals surface area (Å²) >= 11 is 0. The first-order chi connectivity index (χ1) is 12.9. The first-order valence-corrected chi connectivity index (χ1v) is 10.7. The van der Waals surface area contributed by atoms with Crippen molar-refractivity contribution in [1.29, 1.82) is 0 Å². The summed E-state index contributed by atoms with van der Waals surface area (Å²) < 4.78 is 24.7. The number of aromatic nitrogens is 1. The summed E-state index contributed by atoms with van der Waals surface area (Å²) in [6.07, 6.45) is 4.67. The van der Waals surface area contributed by atoms with E-state index in [-0.39, 0.29) is 5.91 Å². The standard InChI is InChI=1S/C19H24N4O3S/c1-27(25,26)23-10-8-22(9-11-23)15-16-4-2-6-18(12-16)19(24)21-14-17-5-3-7-20-13-17/h2-7,12-13H,8-11,14-15H2,1H3,(H,21,24). The fourth-order valence-electron chi connectivity index (χ4n) is 3.08. The van der Waals surface area contributed by atoms with E-state index in [0.717, 1.165) is 11.1 Å². The van der Waals surface area contributed by atoms with Crippen LogP contribution in [0.2, 0.25) is 0 Å². The van der Waals surface area contributed by atoms with E-state index >= 15 is 0 Å². The maximum Gasteiger partial charge on any atom is 0.251 e. The van der Waals surface area contributed by atoms with Gasteiger partial charge in [-0.3, -0.25) is 14.7 Å². The smallest absolute Gasteiger partial charge is 0.251 e. The molecule has 1 amide bonds. The van der Waals surface area contributed by atoms with Crippen molar-refractivity contribution in [3.8, 4) is 0 Å². The van der Waals surface area contributed by atoms with Gasteiger partial charge in [0.2, 0.25) is 10.0 Å². The van der Waals surface area contributed by atoms with Crippen molar-refractivity contribution in [2.75, 3.05) is 32.4 Å². The Morgan fingerprint density at radius 2 is 1.85 bits per heavy atom. The highest BCUT2D eigenvalue weighted by Crippen LogP contribution is 2.12. The van der Waals surface area contributed by atoms with Gasteiger partial charge in [-0.05, 0) is 29.3 Å². The van der Waals surface area contributed by atoms with Crippen molar-refractivity contribution in [1.82, 2.24) is 19.5 Å². The topological polar surface area (TPSA) is 82.6 Å². The Hall–Kier alpha value is -2.29. The molecule has 1 aliphatic rings. The predicted octanol–water partition coefficient (Wildman–Crippen LogP) is 1.09. The van der Waals surface area contributed by atoms with Gasteiger partial charge in [-0.25, -0.2) is 8.42 Å². The zero-order valence-electron chi connectivity index (χ0n) is 15.3. The van der Waals surface area contributed by atoms with Crippen LogP contribution < -0.4 is 5.32 Å². The number of nitrogens with zero attached hydrogens (tertiary/aromatic N) is 3. The lowest BCUT2D eigenvalue weighted by Gasteiger charge is -2.33. The molecule has 7 nitrogen and oxygen atoms in total. The molecule has 1 aliphatic heterocycles. The first-order valence-electron chi connectivity index (χ1n) is 8.85. The monoisotopic (exact) mass is 388 g/mol. The Balaban J connectivity index is 1.55. The summed E-state index contributed by atoms with van der Waals surface area (Å²) in [6, 6.07) is 11.3. The number of carbonyl (C=O) groups excluding carboxylic acids is 1. The van der Waals surface area contributed by atoms with E-state index in [9.17, 15) is 13.2 Å². The maximum atomic E-state index is 12.4. The molecule has 1 N–H and O–H groups in total. The highest BCUT2D eigenvalue weighted by Gasteiger charge is 2.23. The highest BCUT2D eigenvalue weighted by atomic mass is 32.2. The Morgan fingerprint density at radius 1 is 1.11 bits per heavy atom. The number of hydrogen-bond donors (Lipinski definition) is 1. The van der Waals surface area contributed by atoms with Crippen LogP contribution in [0.1, 0.15) is 21.5 Å². The maximum absolute atomic E-state index is 12.4. The number of benzene rings is 1. The summed E-state index contributed by atoms with van der Waals surface area (Å²) in [5, 5.41) is 2.90. The first kappa shape index (κ1) is 19.5. The fourth-order valence-corrected chi connectivity index (χ4v) is 3.90. The molecule has 1 saturated heterocycles. The van der Waals surface area contributed by atoms with E-state index in [1.54, 1.807) is 18.5 Å². The fraction of sp³-hybridized carbons (Fsp3) is 0.368. The lowest BCUT2D eigenvalue weighted by molar-refractivity contribution is 0.0950. The van der Waals surface area contributed by atoms with Gasteiger partial charge in [-0.1, -0.05) is 18.2 Å². The molecule has 3 rings (SSSR count). The van der Waals surface area contributed by atoms with E-state index < -0.39 is 10.0 Å². The number of carbonyl (C=O) groups is 1. The molecular weight excluding hydrogens is 364 g/mol. The van der Waals surface area contributed by atoms with Gasteiger partial charge in [0.1, 0.15) is 0 Å². The van der Waals surface area contributed by atoms with Crippen molar-refractivity contribution in [2.24, 2.45) is 0 Å². The third kappa shape index (κ3) is 5.59. The minimum atomic E-state index is -3.12. The summed E-state index contributed by atoms with van der Waals surface area (Å²) in [7, 11) is -3.12.